The van der Waals surface area contributed by atoms with E-state index in [1.54, 1.807) is 11.3 Å². The van der Waals surface area contributed by atoms with Gasteiger partial charge < -0.3 is 10.4 Å². The fourth-order valence-electron chi connectivity index (χ4n) is 1.55. The van der Waals surface area contributed by atoms with Gasteiger partial charge in [-0.05, 0) is 19.9 Å². The molecule has 2 N–H and O–H groups in total. The number of carbonyl (C=O) groups is 2. The van der Waals surface area contributed by atoms with Crippen LogP contribution in [0, 0.1) is 13.8 Å². The van der Waals surface area contributed by atoms with Gasteiger partial charge in [-0.25, -0.2) is 0 Å². The van der Waals surface area contributed by atoms with Crippen LogP contribution in [0.5, 0.6) is 0 Å². The summed E-state index contributed by atoms with van der Waals surface area (Å²) in [5, 5.41) is 11.0. The molecule has 1 aromatic heterocycles. The Bertz CT molecular complexity index is 412. The summed E-state index contributed by atoms with van der Waals surface area (Å²) in [4.78, 5) is 25.2. The first-order valence-electron chi connectivity index (χ1n) is 5.52. The fourth-order valence-corrected chi connectivity index (χ4v) is 2.50. The predicted molar refractivity (Wildman–Crippen MR) is 67.5 cm³/mol. The molecule has 5 heteroatoms. The van der Waals surface area contributed by atoms with Crippen LogP contribution in [-0.4, -0.2) is 29.9 Å². The molecular formula is C12H17NO3S. The van der Waals surface area contributed by atoms with Crippen LogP contribution in [0.15, 0.2) is 6.07 Å². The number of carbonyl (C=O) groups excluding carboxylic acids is 2. The zero-order chi connectivity index (χ0) is 12.8. The first-order valence-corrected chi connectivity index (χ1v) is 6.34. The van der Waals surface area contributed by atoms with Gasteiger partial charge in [0.2, 0.25) is 5.91 Å². The maximum atomic E-state index is 11.8. The molecule has 17 heavy (non-hydrogen) atoms. The number of rotatable bonds is 6. The van der Waals surface area contributed by atoms with Crippen molar-refractivity contribution in [3.05, 3.63) is 21.4 Å². The monoisotopic (exact) mass is 255 g/mol. The van der Waals surface area contributed by atoms with Crippen molar-refractivity contribution < 1.29 is 14.7 Å². The molecule has 94 valence electrons. The molecule has 0 radical (unpaired) electrons. The molecule has 0 aliphatic heterocycles. The molecule has 0 atom stereocenters. The van der Waals surface area contributed by atoms with E-state index in [0.29, 0.717) is 0 Å². The van der Waals surface area contributed by atoms with Crippen molar-refractivity contribution in [3.8, 4) is 0 Å². The van der Waals surface area contributed by atoms with Crippen molar-refractivity contribution >= 4 is 23.0 Å². The van der Waals surface area contributed by atoms with E-state index in [1.807, 2.05) is 19.9 Å². The molecular weight excluding hydrogens is 238 g/mol. The largest absolute Gasteiger partial charge is 0.395 e. The fraction of sp³-hybridized carbons (Fsp3) is 0.500. The normalized spacial score (nSPS) is 10.3. The lowest BCUT2D eigenvalue weighted by molar-refractivity contribution is -0.121. The number of aliphatic hydroxyl groups is 1. The Kier molecular flexibility index (Phi) is 5.31. The van der Waals surface area contributed by atoms with Crippen molar-refractivity contribution in [1.29, 1.82) is 0 Å². The minimum Gasteiger partial charge on any atom is -0.395 e. The molecule has 1 amide bonds. The summed E-state index contributed by atoms with van der Waals surface area (Å²) in [6.07, 6.45) is 0.390. The molecule has 0 aliphatic carbocycles. The minimum atomic E-state index is -0.197. The molecule has 0 saturated carbocycles. The maximum absolute atomic E-state index is 11.8. The molecule has 0 unspecified atom stereocenters. The molecule has 4 nitrogen and oxygen atoms in total. The van der Waals surface area contributed by atoms with E-state index in [0.717, 1.165) is 15.3 Å². The highest BCUT2D eigenvalue weighted by atomic mass is 32.1. The van der Waals surface area contributed by atoms with Crippen molar-refractivity contribution in [1.82, 2.24) is 5.32 Å². The number of hydrogen-bond acceptors (Lipinski definition) is 4. The van der Waals surface area contributed by atoms with Gasteiger partial charge in [-0.2, -0.15) is 0 Å². The van der Waals surface area contributed by atoms with Crippen LogP contribution < -0.4 is 5.32 Å². The van der Waals surface area contributed by atoms with Gasteiger partial charge in [-0.1, -0.05) is 0 Å². The lowest BCUT2D eigenvalue weighted by Crippen LogP contribution is -2.26. The van der Waals surface area contributed by atoms with Gasteiger partial charge in [0, 0.05) is 34.7 Å². The SMILES string of the molecule is Cc1cc(C(=O)CCC(=O)NCCO)c(C)s1. The molecule has 0 aromatic carbocycles. The Morgan fingerprint density at radius 2 is 2.06 bits per heavy atom. The number of hydrogen-bond donors (Lipinski definition) is 2. The number of thiophene rings is 1. The van der Waals surface area contributed by atoms with Crippen LogP contribution in [0.3, 0.4) is 0 Å². The summed E-state index contributed by atoms with van der Waals surface area (Å²) in [6.45, 7) is 4.03. The summed E-state index contributed by atoms with van der Waals surface area (Å²) in [5.41, 5.74) is 0.724. The Balaban J connectivity index is 2.45. The highest BCUT2D eigenvalue weighted by Crippen LogP contribution is 2.22. The molecule has 1 heterocycles. The first kappa shape index (κ1) is 13.9. The Labute approximate surface area is 105 Å². The van der Waals surface area contributed by atoms with Crippen LogP contribution in [0.2, 0.25) is 0 Å². The second kappa shape index (κ2) is 6.51. The molecule has 1 aromatic rings. The Hall–Kier alpha value is -1.20. The number of aryl methyl sites for hydroxylation is 2. The number of nitrogens with one attached hydrogen (secondary N) is 1. The highest BCUT2D eigenvalue weighted by Gasteiger charge is 2.13. The average Bonchev–Trinajstić information content (AvgIpc) is 2.62. The van der Waals surface area contributed by atoms with E-state index in [1.165, 1.54) is 0 Å². The van der Waals surface area contributed by atoms with Gasteiger partial charge in [0.15, 0.2) is 5.78 Å². The molecule has 0 aliphatic rings. The van der Waals surface area contributed by atoms with E-state index in [-0.39, 0.29) is 37.7 Å². The average molecular weight is 255 g/mol. The third-order valence-corrected chi connectivity index (χ3v) is 3.32. The number of ketones is 1. The molecule has 1 rings (SSSR count). The van der Waals surface area contributed by atoms with Gasteiger partial charge in [0.05, 0.1) is 6.61 Å². The second-order valence-corrected chi connectivity index (χ2v) is 5.28. The van der Waals surface area contributed by atoms with Crippen LogP contribution >= 0.6 is 11.3 Å². The third kappa shape index (κ3) is 4.28. The van der Waals surface area contributed by atoms with Crippen LogP contribution in [0.25, 0.3) is 0 Å². The third-order valence-electron chi connectivity index (χ3n) is 2.35. The molecule has 0 saturated heterocycles. The Morgan fingerprint density at radius 3 is 2.59 bits per heavy atom. The minimum absolute atomic E-state index is 0.00555. The summed E-state index contributed by atoms with van der Waals surface area (Å²) >= 11 is 1.59. The van der Waals surface area contributed by atoms with E-state index in [9.17, 15) is 9.59 Å². The lowest BCUT2D eigenvalue weighted by Gasteiger charge is -2.02. The standard InChI is InChI=1S/C12H17NO3S/c1-8-7-10(9(2)17-8)11(15)3-4-12(16)13-5-6-14/h7,14H,3-6H2,1-2H3,(H,13,16). The number of amides is 1. The zero-order valence-electron chi connectivity index (χ0n) is 10.1. The highest BCUT2D eigenvalue weighted by molar-refractivity contribution is 7.12. The van der Waals surface area contributed by atoms with Crippen LogP contribution in [0.1, 0.15) is 33.0 Å². The van der Waals surface area contributed by atoms with Gasteiger partial charge >= 0.3 is 0 Å². The summed E-state index contributed by atoms with van der Waals surface area (Å²) < 4.78 is 0. The smallest absolute Gasteiger partial charge is 0.220 e. The van der Waals surface area contributed by atoms with Crippen LogP contribution in [0.4, 0.5) is 0 Å². The van der Waals surface area contributed by atoms with E-state index < -0.39 is 0 Å². The van der Waals surface area contributed by atoms with Gasteiger partial charge in [-0.15, -0.1) is 11.3 Å². The van der Waals surface area contributed by atoms with E-state index in [4.69, 9.17) is 5.11 Å². The van der Waals surface area contributed by atoms with E-state index >= 15 is 0 Å². The van der Waals surface area contributed by atoms with Crippen molar-refractivity contribution in [2.75, 3.05) is 13.2 Å². The summed E-state index contributed by atoms with van der Waals surface area (Å²) in [7, 11) is 0. The van der Waals surface area contributed by atoms with Crippen molar-refractivity contribution in [2.45, 2.75) is 26.7 Å². The maximum Gasteiger partial charge on any atom is 0.220 e. The number of aliphatic hydroxyl groups excluding tert-OH is 1. The first-order chi connectivity index (χ1) is 8.04. The van der Waals surface area contributed by atoms with Crippen molar-refractivity contribution in [3.63, 3.8) is 0 Å². The quantitative estimate of drug-likeness (QED) is 0.756. The van der Waals surface area contributed by atoms with E-state index in [2.05, 4.69) is 5.32 Å². The summed E-state index contributed by atoms with van der Waals surface area (Å²) in [5.74, 6) is -0.192. The molecule has 0 bridgehead atoms. The van der Waals surface area contributed by atoms with Gasteiger partial charge in [0.1, 0.15) is 0 Å². The predicted octanol–water partition coefficient (Wildman–Crippen LogP) is 1.44. The molecule has 0 fully saturated rings. The lowest BCUT2D eigenvalue weighted by atomic mass is 10.1. The van der Waals surface area contributed by atoms with Gasteiger partial charge in [0.25, 0.3) is 0 Å². The van der Waals surface area contributed by atoms with Gasteiger partial charge in [-0.3, -0.25) is 9.59 Å². The second-order valence-electron chi connectivity index (χ2n) is 3.82. The Morgan fingerprint density at radius 1 is 1.35 bits per heavy atom. The van der Waals surface area contributed by atoms with Crippen molar-refractivity contribution in [2.24, 2.45) is 0 Å². The topological polar surface area (TPSA) is 66.4 Å². The number of Topliss-reactive ketones (excluding diaryl/α,β-unsaturated/α-hetero) is 1. The summed E-state index contributed by atoms with van der Waals surface area (Å²) in [6, 6.07) is 1.87. The van der Waals surface area contributed by atoms with Crippen LogP contribution in [-0.2, 0) is 4.79 Å². The zero-order valence-corrected chi connectivity index (χ0v) is 10.9. The molecule has 0 spiro atoms.